The number of nitro groups is 1. The zero-order chi connectivity index (χ0) is 100. The highest BCUT2D eigenvalue weighted by Gasteiger charge is 2.64. The Kier molecular flexibility index (Phi) is 35.9. The van der Waals surface area contributed by atoms with E-state index in [2.05, 4.69) is 4.18 Å². The molecule has 69 nitrogen and oxygen atoms in total. The summed E-state index contributed by atoms with van der Waals surface area (Å²) in [5.41, 5.74) is -0.493. The Morgan fingerprint density at radius 2 is 0.537 bits per heavy atom. The van der Waals surface area contributed by atoms with Gasteiger partial charge in [0.25, 0.3) is 5.69 Å². The molecule has 74 heteroatoms. The van der Waals surface area contributed by atoms with Crippen LogP contribution >= 0.6 is 0 Å². The monoisotopic (exact) mass is 2060 g/mol. The topological polar surface area (TPSA) is 1090 Å². The lowest BCUT2D eigenvalue weighted by atomic mass is 9.94. The van der Waals surface area contributed by atoms with Crippen molar-refractivity contribution >= 4 is 87.1 Å². The molecule has 0 spiro atoms. The smallest absolute Gasteiger partial charge is 0.397 e. The lowest BCUT2D eigenvalue weighted by molar-refractivity contribution is -0.384. The van der Waals surface area contributed by atoms with Crippen molar-refractivity contribution in [3.05, 3.63) is 34.4 Å². The van der Waals surface area contributed by atoms with Gasteiger partial charge in [-0.05, 0) is 12.1 Å². The first kappa shape index (κ1) is 110. The fourth-order valence-electron chi connectivity index (χ4n) is 15.1. The summed E-state index contributed by atoms with van der Waals surface area (Å²) in [6, 6.07) is -7.27. The summed E-state index contributed by atoms with van der Waals surface area (Å²) in [5, 5.41) is 264. The van der Waals surface area contributed by atoms with E-state index in [0.29, 0.717) is 0 Å². The van der Waals surface area contributed by atoms with E-state index in [1.54, 1.807) is 0 Å². The average Bonchev–Trinajstić information content (AvgIpc) is 0.755. The van der Waals surface area contributed by atoms with Crippen LogP contribution in [0.3, 0.4) is 0 Å². The number of nitrogens with zero attached hydrogens (tertiary/aromatic N) is 1. The second kappa shape index (κ2) is 43.8. The Hall–Kier alpha value is -6.28. The first-order chi connectivity index (χ1) is 62.1. The second-order valence-corrected chi connectivity index (χ2v) is 36.1. The molecule has 9 saturated heterocycles. The summed E-state index contributed by atoms with van der Waals surface area (Å²) >= 11 is 0. The maximum absolute atomic E-state index is 13.1. The van der Waals surface area contributed by atoms with E-state index in [0.717, 1.165) is 24.3 Å². The first-order valence-corrected chi connectivity index (χ1v) is 45.0. The average molecular weight is 2060 g/mol. The maximum atomic E-state index is 13.1. The van der Waals surface area contributed by atoms with Gasteiger partial charge in [0.1, 0.15) is 195 Å². The fourth-order valence-corrected chi connectivity index (χ4v) is 17.8. The molecule has 45 unspecified atom stereocenters. The molecular weight excluding hydrogens is 1970 g/mol. The van der Waals surface area contributed by atoms with E-state index in [9.17, 15) is 216 Å². The van der Waals surface area contributed by atoms with Gasteiger partial charge < -0.3 is 203 Å². The third kappa shape index (κ3) is 25.7. The summed E-state index contributed by atoms with van der Waals surface area (Å²) in [6.07, 6.45) is -109. The Labute approximate surface area is 746 Å². The number of aliphatic hydroxyl groups is 18. The number of rotatable bonds is 38. The van der Waals surface area contributed by atoms with Crippen molar-refractivity contribution < 1.29 is 301 Å². The fraction of sp³-hybridized carbons (Fsp3) is 0.817. The number of nitro benzene ring substituents is 1. The molecule has 32 N–H and O–H groups in total. The SMILES string of the molecule is O=C(O)C1OC(OC2C(CO)OC(OC3C(C(=O)O)OC(OC4C(CO)OC(OC5C(C(=O)O)OC(OC6C(CO)OC(OC7C(C(=O)O)OC(OC8C(COS(=O)(=O)O)OC(OC9C(C(=O)O)OC(Oc%10ccc([N+](=O)[O-])cc%10)C(O)C9O)C(NS(=O)(=O)O)C8O)C(O)C7O)C(NS(=O)(=O)O)C6O)C(O)C5O)C(NS(=O)(=O)O)C4O)C(O)C3O)C(NS(=O)(=O)O)C2O)C(O)C(O)C1O. The zero-order valence-electron chi connectivity index (χ0n) is 66.3. The van der Waals surface area contributed by atoms with Crippen molar-refractivity contribution in [3.63, 3.8) is 0 Å². The Bertz CT molecular complexity index is 4830. The van der Waals surface area contributed by atoms with Crippen molar-refractivity contribution in [1.82, 2.24) is 18.9 Å². The molecule has 0 amide bonds. The molecule has 9 heterocycles. The van der Waals surface area contributed by atoms with Gasteiger partial charge in [0.15, 0.2) is 80.8 Å². The standard InChI is InChI=1S/C60H89N5O64S5/c66-5-11-34(117-57-29(79)23(73)24(74)42(125-57)47(84)85)19(69)15(61-130(96,97)98)52(113-11)121-39-26(76)31(81)58(127-44(39)49(88)89)118-35-12(6-67)114-53(16(20(35)70)62-131(99,100)101)122-40-27(77)32(82)59(128-45(40)50(90)91)119-36-13(7-68)115-54(17(21(36)71)63-132(102,103)104)123-41-28(78)33(83)60(129-46(41)51(92)93)120-37-14(8-111-134(108,109)110)116-55(18(22(37)72)64-133(105,106)107)124-38-25(75)30(80)56(126-43(38)48(86)87)112-10-3-1-9(2-4-10)65(94)95/h1-4,11-46,52-64,66-83H,5-8H2,(H,84,85)(H,86,87)(H,88,89)(H,90,91)(H,92,93)(H,96,97,98)(H,99,100,101)(H,102,103,104)(H,105,106,107)(H,108,109,110). The summed E-state index contributed by atoms with van der Waals surface area (Å²) in [5.74, 6) is -11.4. The lowest BCUT2D eigenvalue weighted by Crippen LogP contribution is -2.71. The predicted molar refractivity (Wildman–Crippen MR) is 392 cm³/mol. The molecular formula is C60H89N5O64S5. The molecule has 9 aliphatic heterocycles. The van der Waals surface area contributed by atoms with Crippen LogP contribution in [0.25, 0.3) is 0 Å². The van der Waals surface area contributed by atoms with E-state index in [-0.39, 0.29) is 5.75 Å². The number of non-ortho nitro benzene ring substituents is 1. The number of benzene rings is 1. The van der Waals surface area contributed by atoms with Gasteiger partial charge in [0, 0.05) is 12.1 Å². The minimum atomic E-state index is -5.86. The summed E-state index contributed by atoms with van der Waals surface area (Å²) in [4.78, 5) is 74.0. The van der Waals surface area contributed by atoms with Crippen LogP contribution < -0.4 is 23.6 Å². The number of nitrogens with one attached hydrogen (secondary N) is 4. The Morgan fingerprint density at radius 3 is 0.784 bits per heavy atom. The van der Waals surface area contributed by atoms with Gasteiger partial charge in [-0.15, -0.1) is 0 Å². The van der Waals surface area contributed by atoms with Crippen LogP contribution in [0, 0.1) is 10.1 Å². The molecule has 10 rings (SSSR count). The van der Waals surface area contributed by atoms with E-state index in [1.807, 2.05) is 0 Å². The van der Waals surface area contributed by atoms with E-state index in [1.165, 1.54) is 18.9 Å². The quantitative estimate of drug-likeness (QED) is 0.0166. The third-order valence-electron chi connectivity index (χ3n) is 21.3. The molecule has 1 aromatic rings. The van der Waals surface area contributed by atoms with Gasteiger partial charge >= 0.3 is 81.5 Å². The van der Waals surface area contributed by atoms with Gasteiger partial charge in [0.2, 0.25) is 6.29 Å². The highest BCUT2D eigenvalue weighted by molar-refractivity contribution is 7.84. The van der Waals surface area contributed by atoms with Gasteiger partial charge in [-0.3, -0.25) is 32.9 Å². The molecule has 0 aliphatic carbocycles. The van der Waals surface area contributed by atoms with Crippen molar-refractivity contribution in [2.75, 3.05) is 26.4 Å². The maximum Gasteiger partial charge on any atom is 0.397 e. The molecule has 1 aromatic carbocycles. The number of carbonyl (C=O) groups is 5. The molecule has 134 heavy (non-hydrogen) atoms. The number of ether oxygens (including phenoxy) is 18. The Morgan fingerprint density at radius 1 is 0.306 bits per heavy atom. The molecule has 768 valence electrons. The minimum absolute atomic E-state index is 0.361. The number of aliphatic carboxylic acids is 5. The third-order valence-corrected chi connectivity index (χ3v) is 24.1. The molecule has 0 aromatic heterocycles. The summed E-state index contributed by atoms with van der Waals surface area (Å²) in [7, 11) is -28.8. The van der Waals surface area contributed by atoms with E-state index < -0.39 is 395 Å². The molecule has 0 bridgehead atoms. The van der Waals surface area contributed by atoms with Crippen LogP contribution in [-0.4, -0.2) is 520 Å². The molecule has 0 radical (unpaired) electrons. The second-order valence-electron chi connectivity index (χ2n) is 30.3. The lowest BCUT2D eigenvalue weighted by Gasteiger charge is -2.50. The number of hydrogen-bond donors (Lipinski definition) is 32. The Balaban J connectivity index is 0.828. The van der Waals surface area contributed by atoms with Crippen molar-refractivity contribution in [2.45, 2.75) is 276 Å². The van der Waals surface area contributed by atoms with Gasteiger partial charge in [-0.2, -0.15) is 61.0 Å². The zero-order valence-corrected chi connectivity index (χ0v) is 70.4. The van der Waals surface area contributed by atoms with E-state index >= 15 is 0 Å². The number of hydrogen-bond acceptors (Lipinski definition) is 54. The van der Waals surface area contributed by atoms with Crippen molar-refractivity contribution in [1.29, 1.82) is 0 Å². The highest BCUT2D eigenvalue weighted by Crippen LogP contribution is 2.42. The molecule has 9 aliphatic rings. The van der Waals surface area contributed by atoms with Crippen LogP contribution in [-0.2, 0) is 160 Å². The van der Waals surface area contributed by atoms with Crippen LogP contribution in [0.2, 0.25) is 0 Å². The predicted octanol–water partition coefficient (Wildman–Crippen LogP) is -20.7. The number of carboxylic acid groups (broad SMARTS) is 5. The van der Waals surface area contributed by atoms with Crippen LogP contribution in [0.4, 0.5) is 5.69 Å². The first-order valence-electron chi connectivity index (χ1n) is 37.9. The molecule has 0 saturated carbocycles. The summed E-state index contributed by atoms with van der Waals surface area (Å²) < 4.78 is 281. The molecule has 9 fully saturated rings. The van der Waals surface area contributed by atoms with Crippen LogP contribution in [0.1, 0.15) is 0 Å². The van der Waals surface area contributed by atoms with Gasteiger partial charge in [0.05, 0.1) is 31.4 Å². The molecule has 45 atom stereocenters. The normalized spacial score (nSPS) is 43.4. The van der Waals surface area contributed by atoms with Crippen LogP contribution in [0.15, 0.2) is 24.3 Å². The number of carboxylic acids is 5. The van der Waals surface area contributed by atoms with Crippen molar-refractivity contribution in [3.8, 4) is 5.75 Å². The number of aliphatic hydroxyl groups excluding tert-OH is 18. The minimum Gasteiger partial charge on any atom is -0.479 e. The summed E-state index contributed by atoms with van der Waals surface area (Å²) in [6.45, 7) is -6.26. The van der Waals surface area contributed by atoms with Gasteiger partial charge in [-0.1, -0.05) is 0 Å². The highest BCUT2D eigenvalue weighted by atomic mass is 32.3. The van der Waals surface area contributed by atoms with Crippen molar-refractivity contribution in [2.24, 2.45) is 0 Å². The van der Waals surface area contributed by atoms with Crippen LogP contribution in [0.5, 0.6) is 5.75 Å². The van der Waals surface area contributed by atoms with Gasteiger partial charge in [-0.25, -0.2) is 28.2 Å². The van der Waals surface area contributed by atoms with E-state index in [4.69, 9.17) is 85.3 Å². The largest absolute Gasteiger partial charge is 0.479 e.